The number of fused-ring (bicyclic) bond motifs is 2. The van der Waals surface area contributed by atoms with Crippen LogP contribution in [-0.4, -0.2) is 55.2 Å². The summed E-state index contributed by atoms with van der Waals surface area (Å²) in [4.78, 5) is 18.0. The number of likely N-dealkylation sites (N-methyl/N-ethyl adjacent to an activating group) is 1. The van der Waals surface area contributed by atoms with Crippen LogP contribution in [0.3, 0.4) is 0 Å². The van der Waals surface area contributed by atoms with Gasteiger partial charge in [-0.25, -0.2) is 8.42 Å². The molecule has 1 fully saturated rings. The van der Waals surface area contributed by atoms with Gasteiger partial charge in [0.25, 0.3) is 5.56 Å². The Morgan fingerprint density at radius 1 is 1.17 bits per heavy atom. The number of hydrogen-bond donors (Lipinski definition) is 2. The second kappa shape index (κ2) is 9.29. The highest BCUT2D eigenvalue weighted by Gasteiger charge is 2.38. The van der Waals surface area contributed by atoms with Crippen molar-refractivity contribution >= 4 is 26.6 Å². The minimum absolute atomic E-state index is 0.0948. The number of aryl methyl sites for hydroxylation is 1. The highest BCUT2D eigenvalue weighted by Crippen LogP contribution is 2.36. The number of pyridine rings is 1. The molecule has 1 aliphatic carbocycles. The first-order valence-corrected chi connectivity index (χ1v) is 13.5. The number of aromatic amines is 1. The molecule has 8 nitrogen and oxygen atoms in total. The molecule has 0 radical (unpaired) electrons. The van der Waals surface area contributed by atoms with Gasteiger partial charge in [0.15, 0.2) is 0 Å². The maximum Gasteiger partial charge on any atom is 0.252 e. The summed E-state index contributed by atoms with van der Waals surface area (Å²) >= 11 is 0. The Balaban J connectivity index is 1.58. The molecule has 0 amide bonds. The van der Waals surface area contributed by atoms with Crippen molar-refractivity contribution in [3.63, 3.8) is 0 Å². The SMILES string of the molecule is Cc1cccc2cc(CN([C@@H]3CCCC[C@H]3O)S(=O)(=O)c3ccc4c(c3)OCCN4C)c(=O)[nH]c12. The molecule has 0 bridgehead atoms. The van der Waals surface area contributed by atoms with E-state index < -0.39 is 22.2 Å². The van der Waals surface area contributed by atoms with Crippen LogP contribution in [-0.2, 0) is 16.6 Å². The number of benzene rings is 2. The summed E-state index contributed by atoms with van der Waals surface area (Å²) in [6.45, 7) is 3.00. The smallest absolute Gasteiger partial charge is 0.252 e. The third-order valence-corrected chi connectivity index (χ3v) is 9.06. The van der Waals surface area contributed by atoms with E-state index in [0.29, 0.717) is 30.8 Å². The van der Waals surface area contributed by atoms with Crippen molar-refractivity contribution in [2.24, 2.45) is 0 Å². The van der Waals surface area contributed by atoms with Crippen LogP contribution in [0.1, 0.15) is 36.8 Å². The Kier molecular flexibility index (Phi) is 6.33. The van der Waals surface area contributed by atoms with Crippen molar-refractivity contribution < 1.29 is 18.3 Å². The summed E-state index contributed by atoms with van der Waals surface area (Å²) in [6, 6.07) is 11.7. The molecule has 2 heterocycles. The predicted molar refractivity (Wildman–Crippen MR) is 136 cm³/mol. The van der Waals surface area contributed by atoms with E-state index >= 15 is 0 Å². The molecule has 5 rings (SSSR count). The number of nitrogens with zero attached hydrogens (tertiary/aromatic N) is 2. The Morgan fingerprint density at radius 3 is 2.77 bits per heavy atom. The zero-order chi connectivity index (χ0) is 24.7. The molecule has 0 spiro atoms. The molecule has 0 unspecified atom stereocenters. The van der Waals surface area contributed by atoms with E-state index in [1.807, 2.05) is 37.1 Å². The average molecular weight is 498 g/mol. The van der Waals surface area contributed by atoms with Crippen molar-refractivity contribution in [1.29, 1.82) is 0 Å². The van der Waals surface area contributed by atoms with Gasteiger partial charge in [0.1, 0.15) is 12.4 Å². The predicted octanol–water partition coefficient (Wildman–Crippen LogP) is 3.16. The van der Waals surface area contributed by atoms with Gasteiger partial charge in [0.2, 0.25) is 10.0 Å². The highest BCUT2D eigenvalue weighted by molar-refractivity contribution is 7.89. The molecule has 2 aliphatic rings. The summed E-state index contributed by atoms with van der Waals surface area (Å²) in [7, 11) is -2.10. The van der Waals surface area contributed by atoms with Gasteiger partial charge in [0.05, 0.1) is 34.8 Å². The normalized spacial score (nSPS) is 20.6. The van der Waals surface area contributed by atoms with Crippen molar-refractivity contribution in [3.05, 3.63) is 63.9 Å². The number of nitrogens with one attached hydrogen (secondary N) is 1. The number of ether oxygens (including phenoxy) is 1. The van der Waals surface area contributed by atoms with Gasteiger partial charge in [-0.15, -0.1) is 0 Å². The van der Waals surface area contributed by atoms with E-state index in [1.165, 1.54) is 4.31 Å². The summed E-state index contributed by atoms with van der Waals surface area (Å²) < 4.78 is 35.1. The zero-order valence-electron chi connectivity index (χ0n) is 20.0. The quantitative estimate of drug-likeness (QED) is 0.561. The monoisotopic (exact) mass is 497 g/mol. The van der Waals surface area contributed by atoms with Crippen LogP contribution in [0, 0.1) is 6.92 Å². The maximum absolute atomic E-state index is 14.0. The van der Waals surface area contributed by atoms with E-state index in [4.69, 9.17) is 4.74 Å². The van der Waals surface area contributed by atoms with Gasteiger partial charge in [-0.3, -0.25) is 4.79 Å². The molecule has 2 atom stereocenters. The van der Waals surface area contributed by atoms with Crippen LogP contribution >= 0.6 is 0 Å². The lowest BCUT2D eigenvalue weighted by Crippen LogP contribution is -2.48. The molecule has 3 aromatic rings. The van der Waals surface area contributed by atoms with Crippen LogP contribution < -0.4 is 15.2 Å². The molecule has 0 saturated heterocycles. The van der Waals surface area contributed by atoms with Crippen LogP contribution in [0.2, 0.25) is 0 Å². The average Bonchev–Trinajstić information content (AvgIpc) is 2.84. The fraction of sp³-hybridized carbons (Fsp3) is 0.423. The Morgan fingerprint density at radius 2 is 1.97 bits per heavy atom. The maximum atomic E-state index is 14.0. The Bertz CT molecular complexity index is 1420. The Labute approximate surface area is 205 Å². The first-order chi connectivity index (χ1) is 16.8. The largest absolute Gasteiger partial charge is 0.490 e. The highest BCUT2D eigenvalue weighted by atomic mass is 32.2. The van der Waals surface area contributed by atoms with Crippen LogP contribution in [0.5, 0.6) is 5.75 Å². The molecule has 9 heteroatoms. The fourth-order valence-electron chi connectivity index (χ4n) is 5.16. The molecular weight excluding hydrogens is 466 g/mol. The summed E-state index contributed by atoms with van der Waals surface area (Å²) in [6.07, 6.45) is 1.94. The summed E-state index contributed by atoms with van der Waals surface area (Å²) in [5, 5.41) is 11.6. The number of rotatable bonds is 5. The number of aliphatic hydroxyl groups is 1. The van der Waals surface area contributed by atoms with Gasteiger partial charge >= 0.3 is 0 Å². The number of para-hydroxylation sites is 1. The van der Waals surface area contributed by atoms with E-state index in [1.54, 1.807) is 24.3 Å². The number of hydrogen-bond acceptors (Lipinski definition) is 6. The van der Waals surface area contributed by atoms with Gasteiger partial charge < -0.3 is 19.7 Å². The summed E-state index contributed by atoms with van der Waals surface area (Å²) in [5.41, 5.74) is 2.54. The van der Waals surface area contributed by atoms with Gasteiger partial charge in [0, 0.05) is 25.2 Å². The zero-order valence-corrected chi connectivity index (χ0v) is 20.8. The van der Waals surface area contributed by atoms with E-state index in [9.17, 15) is 18.3 Å². The molecule has 1 aromatic heterocycles. The standard InChI is InChI=1S/C26H31N3O5S/c1-17-6-5-7-18-14-19(26(31)27-25(17)18)16-29(21-8-3-4-9-23(21)30)35(32,33)20-10-11-22-24(15-20)34-13-12-28(22)2/h5-7,10-11,14-15,21,23,30H,3-4,8-9,12-13,16H2,1-2H3,(H,27,31)/t21-,23-/m1/s1. The molecule has 35 heavy (non-hydrogen) atoms. The van der Waals surface area contributed by atoms with Crippen molar-refractivity contribution in [2.45, 2.75) is 56.2 Å². The summed E-state index contributed by atoms with van der Waals surface area (Å²) in [5.74, 6) is 0.517. The van der Waals surface area contributed by atoms with Crippen LogP contribution in [0.15, 0.2) is 52.2 Å². The number of anilines is 1. The van der Waals surface area contributed by atoms with Gasteiger partial charge in [-0.1, -0.05) is 31.0 Å². The van der Waals surface area contributed by atoms with Gasteiger partial charge in [-0.05, 0) is 48.9 Å². The van der Waals surface area contributed by atoms with Gasteiger partial charge in [-0.2, -0.15) is 4.31 Å². The third-order valence-electron chi connectivity index (χ3n) is 7.19. The lowest BCUT2D eigenvalue weighted by molar-refractivity contribution is 0.0532. The van der Waals surface area contributed by atoms with Crippen molar-refractivity contribution in [3.8, 4) is 5.75 Å². The first-order valence-electron chi connectivity index (χ1n) is 12.0. The van der Waals surface area contributed by atoms with Crippen molar-refractivity contribution in [1.82, 2.24) is 9.29 Å². The molecular formula is C26H31N3O5S. The number of aromatic nitrogens is 1. The number of sulfonamides is 1. The molecule has 1 aliphatic heterocycles. The van der Waals surface area contributed by atoms with Crippen LogP contribution in [0.25, 0.3) is 10.9 Å². The van der Waals surface area contributed by atoms with Crippen molar-refractivity contribution in [2.75, 3.05) is 25.1 Å². The topological polar surface area (TPSA) is 103 Å². The van der Waals surface area contributed by atoms with E-state index in [-0.39, 0.29) is 17.0 Å². The van der Waals surface area contributed by atoms with Crippen LogP contribution in [0.4, 0.5) is 5.69 Å². The second-order valence-corrected chi connectivity index (χ2v) is 11.4. The Hall–Kier alpha value is -2.88. The number of aliphatic hydroxyl groups excluding tert-OH is 1. The molecule has 186 valence electrons. The minimum atomic E-state index is -4.04. The molecule has 2 N–H and O–H groups in total. The molecule has 2 aromatic carbocycles. The fourth-order valence-corrected chi connectivity index (χ4v) is 6.83. The van der Waals surface area contributed by atoms with E-state index in [2.05, 4.69) is 4.98 Å². The molecule has 1 saturated carbocycles. The van der Waals surface area contributed by atoms with E-state index in [0.717, 1.165) is 41.5 Å². The lowest BCUT2D eigenvalue weighted by Gasteiger charge is -2.37. The second-order valence-electron chi connectivity index (χ2n) is 9.53. The third kappa shape index (κ3) is 4.44. The first kappa shape index (κ1) is 23.8. The lowest BCUT2D eigenvalue weighted by atomic mass is 9.92. The number of H-pyrrole nitrogens is 1. The minimum Gasteiger partial charge on any atom is -0.490 e.